The molecule has 2 N–H and O–H groups in total. The summed E-state index contributed by atoms with van der Waals surface area (Å²) in [7, 11) is 0. The van der Waals surface area contributed by atoms with E-state index in [1.54, 1.807) is 0 Å². The van der Waals surface area contributed by atoms with Crippen molar-refractivity contribution in [3.63, 3.8) is 0 Å². The second-order valence-corrected chi connectivity index (χ2v) is 6.61. The lowest BCUT2D eigenvalue weighted by Gasteiger charge is -2.33. The number of aromatic nitrogens is 2. The molecule has 0 unspecified atom stereocenters. The minimum absolute atomic E-state index is 0.481. The molecule has 21 heavy (non-hydrogen) atoms. The van der Waals surface area contributed by atoms with Crippen LogP contribution in [-0.4, -0.2) is 16.7 Å². The SMILES string of the molecule is CC1(CNCc2cn[nH]c2-c2ccccc2)CCCCC1. The molecule has 0 atom stereocenters. The van der Waals surface area contributed by atoms with Gasteiger partial charge in [-0.1, -0.05) is 56.5 Å². The number of nitrogens with zero attached hydrogens (tertiary/aromatic N) is 1. The Balaban J connectivity index is 1.60. The first-order valence-corrected chi connectivity index (χ1v) is 8.05. The van der Waals surface area contributed by atoms with Gasteiger partial charge in [-0.3, -0.25) is 5.10 Å². The summed E-state index contributed by atoms with van der Waals surface area (Å²) in [5, 5.41) is 11.0. The molecule has 0 saturated heterocycles. The zero-order valence-electron chi connectivity index (χ0n) is 12.9. The van der Waals surface area contributed by atoms with Gasteiger partial charge in [-0.15, -0.1) is 0 Å². The summed E-state index contributed by atoms with van der Waals surface area (Å²) in [6.45, 7) is 4.41. The van der Waals surface area contributed by atoms with E-state index in [0.29, 0.717) is 5.41 Å². The maximum Gasteiger partial charge on any atom is 0.0695 e. The van der Waals surface area contributed by atoms with Crippen molar-refractivity contribution in [2.24, 2.45) is 5.41 Å². The molecule has 1 saturated carbocycles. The maximum absolute atomic E-state index is 4.22. The van der Waals surface area contributed by atoms with E-state index in [-0.39, 0.29) is 0 Å². The number of H-pyrrole nitrogens is 1. The molecule has 1 aromatic heterocycles. The molecule has 0 radical (unpaired) electrons. The van der Waals surface area contributed by atoms with Crippen LogP contribution in [0.3, 0.4) is 0 Å². The van der Waals surface area contributed by atoms with E-state index in [1.165, 1.54) is 43.2 Å². The molecule has 1 aromatic carbocycles. The van der Waals surface area contributed by atoms with E-state index in [9.17, 15) is 0 Å². The van der Waals surface area contributed by atoms with Gasteiger partial charge in [0.25, 0.3) is 0 Å². The van der Waals surface area contributed by atoms with Gasteiger partial charge in [-0.2, -0.15) is 5.10 Å². The Hall–Kier alpha value is -1.61. The van der Waals surface area contributed by atoms with Crippen molar-refractivity contribution < 1.29 is 0 Å². The van der Waals surface area contributed by atoms with Crippen molar-refractivity contribution in [2.45, 2.75) is 45.6 Å². The monoisotopic (exact) mass is 283 g/mol. The summed E-state index contributed by atoms with van der Waals surface area (Å²) in [6.07, 6.45) is 8.85. The van der Waals surface area contributed by atoms with E-state index < -0.39 is 0 Å². The Labute approximate surface area is 127 Å². The fourth-order valence-electron chi connectivity index (χ4n) is 3.38. The molecule has 1 aliphatic carbocycles. The van der Waals surface area contributed by atoms with Crippen molar-refractivity contribution in [2.75, 3.05) is 6.54 Å². The van der Waals surface area contributed by atoms with E-state index >= 15 is 0 Å². The van der Waals surface area contributed by atoms with Gasteiger partial charge in [-0.05, 0) is 23.8 Å². The summed E-state index contributed by atoms with van der Waals surface area (Å²) >= 11 is 0. The topological polar surface area (TPSA) is 40.7 Å². The number of nitrogens with one attached hydrogen (secondary N) is 2. The third-order valence-corrected chi connectivity index (χ3v) is 4.71. The lowest BCUT2D eigenvalue weighted by molar-refractivity contribution is 0.207. The smallest absolute Gasteiger partial charge is 0.0695 e. The van der Waals surface area contributed by atoms with Gasteiger partial charge in [0.1, 0.15) is 0 Å². The van der Waals surface area contributed by atoms with Gasteiger partial charge in [-0.25, -0.2) is 0 Å². The zero-order chi connectivity index (χ0) is 14.5. The summed E-state index contributed by atoms with van der Waals surface area (Å²) in [5.41, 5.74) is 4.07. The highest BCUT2D eigenvalue weighted by atomic mass is 15.1. The van der Waals surface area contributed by atoms with Crippen LogP contribution in [0.5, 0.6) is 0 Å². The van der Waals surface area contributed by atoms with Gasteiger partial charge in [0, 0.05) is 18.7 Å². The molecule has 3 nitrogen and oxygen atoms in total. The van der Waals surface area contributed by atoms with E-state index in [4.69, 9.17) is 0 Å². The van der Waals surface area contributed by atoms with Crippen molar-refractivity contribution in [1.29, 1.82) is 0 Å². The highest BCUT2D eigenvalue weighted by molar-refractivity contribution is 5.62. The number of benzene rings is 1. The minimum atomic E-state index is 0.481. The Morgan fingerprint density at radius 1 is 1.14 bits per heavy atom. The largest absolute Gasteiger partial charge is 0.312 e. The summed E-state index contributed by atoms with van der Waals surface area (Å²) < 4.78 is 0. The Morgan fingerprint density at radius 3 is 2.67 bits per heavy atom. The molecule has 0 aliphatic heterocycles. The van der Waals surface area contributed by atoms with Crippen molar-refractivity contribution >= 4 is 0 Å². The van der Waals surface area contributed by atoms with Gasteiger partial charge < -0.3 is 5.32 Å². The molecule has 2 aromatic rings. The first kappa shape index (κ1) is 14.3. The number of rotatable bonds is 5. The van der Waals surface area contributed by atoms with Crippen LogP contribution in [0.4, 0.5) is 0 Å². The van der Waals surface area contributed by atoms with Crippen LogP contribution in [0.25, 0.3) is 11.3 Å². The number of hydrogen-bond donors (Lipinski definition) is 2. The molecule has 1 heterocycles. The van der Waals surface area contributed by atoms with Gasteiger partial charge in [0.2, 0.25) is 0 Å². The minimum Gasteiger partial charge on any atom is -0.312 e. The van der Waals surface area contributed by atoms with Crippen molar-refractivity contribution in [3.8, 4) is 11.3 Å². The lowest BCUT2D eigenvalue weighted by atomic mass is 9.76. The quantitative estimate of drug-likeness (QED) is 0.866. The van der Waals surface area contributed by atoms with Crippen LogP contribution in [-0.2, 0) is 6.54 Å². The van der Waals surface area contributed by atoms with Gasteiger partial charge >= 0.3 is 0 Å². The second kappa shape index (κ2) is 6.44. The number of hydrogen-bond acceptors (Lipinski definition) is 2. The predicted octanol–water partition coefficient (Wildman–Crippen LogP) is 4.14. The zero-order valence-corrected chi connectivity index (χ0v) is 12.9. The average molecular weight is 283 g/mol. The van der Waals surface area contributed by atoms with Gasteiger partial charge in [0.05, 0.1) is 11.9 Å². The van der Waals surface area contributed by atoms with Crippen LogP contribution in [0.2, 0.25) is 0 Å². The predicted molar refractivity (Wildman–Crippen MR) is 86.9 cm³/mol. The molecule has 1 aliphatic rings. The first-order valence-electron chi connectivity index (χ1n) is 8.05. The van der Waals surface area contributed by atoms with Crippen molar-refractivity contribution in [3.05, 3.63) is 42.1 Å². The molecular formula is C18H25N3. The third kappa shape index (κ3) is 3.53. The Morgan fingerprint density at radius 2 is 1.90 bits per heavy atom. The normalized spacial score (nSPS) is 17.8. The van der Waals surface area contributed by atoms with Crippen LogP contribution in [0, 0.1) is 5.41 Å². The lowest BCUT2D eigenvalue weighted by Crippen LogP contribution is -2.33. The molecule has 0 spiro atoms. The third-order valence-electron chi connectivity index (χ3n) is 4.71. The molecule has 0 bridgehead atoms. The highest BCUT2D eigenvalue weighted by Gasteiger charge is 2.26. The van der Waals surface area contributed by atoms with E-state index in [1.807, 2.05) is 12.3 Å². The average Bonchev–Trinajstić information content (AvgIpc) is 2.97. The van der Waals surface area contributed by atoms with E-state index in [0.717, 1.165) is 18.8 Å². The standard InChI is InChI=1S/C18H25N3/c1-18(10-6-3-7-11-18)14-19-12-16-13-20-21-17(16)15-8-4-2-5-9-15/h2,4-5,8-9,13,19H,3,6-7,10-12,14H2,1H3,(H,20,21). The number of aromatic amines is 1. The fourth-order valence-corrected chi connectivity index (χ4v) is 3.38. The molecular weight excluding hydrogens is 258 g/mol. The van der Waals surface area contributed by atoms with Gasteiger partial charge in [0.15, 0.2) is 0 Å². The molecule has 3 heteroatoms. The van der Waals surface area contributed by atoms with Crippen LogP contribution in [0.15, 0.2) is 36.5 Å². The fraction of sp³-hybridized carbons (Fsp3) is 0.500. The van der Waals surface area contributed by atoms with Crippen LogP contribution >= 0.6 is 0 Å². The van der Waals surface area contributed by atoms with E-state index in [2.05, 4.69) is 46.7 Å². The molecule has 3 rings (SSSR count). The molecule has 112 valence electrons. The summed E-state index contributed by atoms with van der Waals surface area (Å²) in [5.74, 6) is 0. The summed E-state index contributed by atoms with van der Waals surface area (Å²) in [4.78, 5) is 0. The maximum atomic E-state index is 4.22. The van der Waals surface area contributed by atoms with Crippen molar-refractivity contribution in [1.82, 2.24) is 15.5 Å². The molecule has 0 amide bonds. The van der Waals surface area contributed by atoms with Crippen LogP contribution in [0.1, 0.15) is 44.6 Å². The molecule has 1 fully saturated rings. The Bertz CT molecular complexity index is 553. The van der Waals surface area contributed by atoms with Crippen LogP contribution < -0.4 is 5.32 Å². The Kier molecular flexibility index (Phi) is 4.39. The summed E-state index contributed by atoms with van der Waals surface area (Å²) in [6, 6.07) is 10.4. The second-order valence-electron chi connectivity index (χ2n) is 6.61. The highest BCUT2D eigenvalue weighted by Crippen LogP contribution is 2.35. The first-order chi connectivity index (χ1) is 10.3.